The van der Waals surface area contributed by atoms with Gasteiger partial charge in [-0.3, -0.25) is 0 Å². The Morgan fingerprint density at radius 3 is 1.15 bits per heavy atom. The average molecular weight is 437 g/mol. The minimum absolute atomic E-state index is 0.868. The molecule has 6 rings (SSSR count). The van der Waals surface area contributed by atoms with Gasteiger partial charge in [-0.05, 0) is 67.1 Å². The molecule has 6 aromatic rings. The predicted molar refractivity (Wildman–Crippen MR) is 144 cm³/mol. The molecule has 0 unspecified atom stereocenters. The zero-order valence-corrected chi connectivity index (χ0v) is 19.0. The van der Waals surface area contributed by atoms with Crippen LogP contribution >= 0.6 is 0 Å². The van der Waals surface area contributed by atoms with Crippen LogP contribution in [0, 0.1) is 0 Å². The lowest BCUT2D eigenvalue weighted by Crippen LogP contribution is -1.91. The van der Waals surface area contributed by atoms with Crippen LogP contribution < -0.4 is 4.74 Å². The first kappa shape index (κ1) is 20.3. The Labute approximate surface area is 199 Å². The molecule has 0 heterocycles. The zero-order valence-electron chi connectivity index (χ0n) is 19.0. The summed E-state index contributed by atoms with van der Waals surface area (Å²) in [6, 6.07) is 45.4. The molecule has 0 aliphatic rings. The normalized spacial score (nSPS) is 11.1. The zero-order chi connectivity index (χ0) is 22.9. The van der Waals surface area contributed by atoms with E-state index >= 15 is 0 Å². The lowest BCUT2D eigenvalue weighted by atomic mass is 9.85. The average Bonchev–Trinajstić information content (AvgIpc) is 2.92. The van der Waals surface area contributed by atoms with E-state index in [-0.39, 0.29) is 0 Å². The highest BCUT2D eigenvalue weighted by atomic mass is 16.5. The van der Waals surface area contributed by atoms with Gasteiger partial charge < -0.3 is 4.74 Å². The molecule has 0 fully saturated rings. The number of hydrogen-bond acceptors (Lipinski definition) is 1. The highest BCUT2D eigenvalue weighted by Gasteiger charge is 2.16. The van der Waals surface area contributed by atoms with Gasteiger partial charge in [0.15, 0.2) is 0 Å². The highest BCUT2D eigenvalue weighted by molar-refractivity contribution is 6.21. The monoisotopic (exact) mass is 436 g/mol. The second kappa shape index (κ2) is 8.53. The molecule has 162 valence electrons. The molecular formula is C33H24O. The third-order valence-corrected chi connectivity index (χ3v) is 6.59. The summed E-state index contributed by atoms with van der Waals surface area (Å²) in [6.45, 7) is 0. The van der Waals surface area contributed by atoms with Crippen molar-refractivity contribution < 1.29 is 4.74 Å². The van der Waals surface area contributed by atoms with Crippen molar-refractivity contribution >= 4 is 21.5 Å². The molecule has 0 spiro atoms. The maximum Gasteiger partial charge on any atom is 0.118 e. The first-order valence-electron chi connectivity index (χ1n) is 11.6. The first-order valence-corrected chi connectivity index (χ1v) is 11.6. The minimum atomic E-state index is 0.868. The van der Waals surface area contributed by atoms with Crippen molar-refractivity contribution in [3.05, 3.63) is 127 Å². The van der Waals surface area contributed by atoms with E-state index in [1.54, 1.807) is 7.11 Å². The van der Waals surface area contributed by atoms with Gasteiger partial charge in [-0.2, -0.15) is 0 Å². The summed E-state index contributed by atoms with van der Waals surface area (Å²) < 4.78 is 5.40. The fourth-order valence-electron chi connectivity index (χ4n) is 4.97. The number of benzene rings is 6. The summed E-state index contributed by atoms with van der Waals surface area (Å²) >= 11 is 0. The van der Waals surface area contributed by atoms with E-state index in [0.29, 0.717) is 0 Å². The van der Waals surface area contributed by atoms with Crippen LogP contribution in [0.5, 0.6) is 5.75 Å². The van der Waals surface area contributed by atoms with Gasteiger partial charge in [-0.15, -0.1) is 0 Å². The number of rotatable bonds is 4. The quantitative estimate of drug-likeness (QED) is 0.251. The second-order valence-electron chi connectivity index (χ2n) is 8.51. The Kier molecular flexibility index (Phi) is 5.08. The molecule has 0 aliphatic carbocycles. The highest BCUT2D eigenvalue weighted by Crippen LogP contribution is 2.43. The SMILES string of the molecule is COc1ccc(-c2c3ccccc3c(-c3ccc(-c4ccccc4)cc3)c3ccccc23)cc1. The lowest BCUT2D eigenvalue weighted by Gasteiger charge is -2.18. The van der Waals surface area contributed by atoms with Crippen molar-refractivity contribution in [2.24, 2.45) is 0 Å². The number of ether oxygens (including phenoxy) is 1. The number of fused-ring (bicyclic) bond motifs is 2. The molecule has 1 nitrogen and oxygen atoms in total. The van der Waals surface area contributed by atoms with E-state index in [4.69, 9.17) is 4.74 Å². The van der Waals surface area contributed by atoms with Gasteiger partial charge in [-0.1, -0.05) is 115 Å². The Balaban J connectivity index is 1.61. The fourth-order valence-corrected chi connectivity index (χ4v) is 4.97. The summed E-state index contributed by atoms with van der Waals surface area (Å²) in [6.07, 6.45) is 0. The molecule has 0 atom stereocenters. The van der Waals surface area contributed by atoms with Crippen LogP contribution in [-0.2, 0) is 0 Å². The fraction of sp³-hybridized carbons (Fsp3) is 0.0303. The second-order valence-corrected chi connectivity index (χ2v) is 8.51. The summed E-state index contributed by atoms with van der Waals surface area (Å²) in [5.74, 6) is 0.868. The van der Waals surface area contributed by atoms with Crippen LogP contribution in [0.1, 0.15) is 0 Å². The number of hydrogen-bond donors (Lipinski definition) is 0. The Bertz CT molecular complexity index is 1540. The third kappa shape index (κ3) is 3.43. The molecule has 0 saturated carbocycles. The van der Waals surface area contributed by atoms with Gasteiger partial charge in [0.1, 0.15) is 5.75 Å². The van der Waals surface area contributed by atoms with E-state index in [1.165, 1.54) is 54.9 Å². The smallest absolute Gasteiger partial charge is 0.118 e. The van der Waals surface area contributed by atoms with Gasteiger partial charge in [0.25, 0.3) is 0 Å². The summed E-state index contributed by atoms with van der Waals surface area (Å²) in [5, 5.41) is 5.04. The van der Waals surface area contributed by atoms with Crippen LogP contribution in [0.15, 0.2) is 127 Å². The van der Waals surface area contributed by atoms with Gasteiger partial charge in [-0.25, -0.2) is 0 Å². The van der Waals surface area contributed by atoms with Crippen LogP contribution in [0.4, 0.5) is 0 Å². The molecule has 0 bridgehead atoms. The molecule has 6 aromatic carbocycles. The van der Waals surface area contributed by atoms with Crippen LogP contribution in [0.3, 0.4) is 0 Å². The Morgan fingerprint density at radius 1 is 0.353 bits per heavy atom. The largest absolute Gasteiger partial charge is 0.497 e. The van der Waals surface area contributed by atoms with E-state index in [1.807, 2.05) is 12.1 Å². The topological polar surface area (TPSA) is 9.23 Å². The number of methoxy groups -OCH3 is 1. The molecule has 0 amide bonds. The van der Waals surface area contributed by atoms with Crippen LogP contribution in [0.2, 0.25) is 0 Å². The molecular weight excluding hydrogens is 412 g/mol. The van der Waals surface area contributed by atoms with Crippen molar-refractivity contribution in [1.29, 1.82) is 0 Å². The van der Waals surface area contributed by atoms with Crippen molar-refractivity contribution in [2.75, 3.05) is 7.11 Å². The van der Waals surface area contributed by atoms with Crippen LogP contribution in [-0.4, -0.2) is 7.11 Å². The maximum absolute atomic E-state index is 5.40. The summed E-state index contributed by atoms with van der Waals surface area (Å²) in [5.41, 5.74) is 7.43. The Morgan fingerprint density at radius 2 is 0.706 bits per heavy atom. The molecule has 0 aliphatic heterocycles. The Hall–Kier alpha value is -4.36. The van der Waals surface area contributed by atoms with Gasteiger partial charge >= 0.3 is 0 Å². The maximum atomic E-state index is 5.40. The molecule has 0 radical (unpaired) electrons. The lowest BCUT2D eigenvalue weighted by molar-refractivity contribution is 0.415. The predicted octanol–water partition coefficient (Wildman–Crippen LogP) is 9.00. The molecule has 0 N–H and O–H groups in total. The molecule has 0 aromatic heterocycles. The van der Waals surface area contributed by atoms with Crippen LogP contribution in [0.25, 0.3) is 54.9 Å². The van der Waals surface area contributed by atoms with Gasteiger partial charge in [0, 0.05) is 0 Å². The van der Waals surface area contributed by atoms with Crippen molar-refractivity contribution in [2.45, 2.75) is 0 Å². The van der Waals surface area contributed by atoms with Crippen molar-refractivity contribution in [3.8, 4) is 39.1 Å². The summed E-state index contributed by atoms with van der Waals surface area (Å²) in [7, 11) is 1.71. The van der Waals surface area contributed by atoms with E-state index in [9.17, 15) is 0 Å². The van der Waals surface area contributed by atoms with Gasteiger partial charge in [0.2, 0.25) is 0 Å². The van der Waals surface area contributed by atoms with Crippen molar-refractivity contribution in [3.63, 3.8) is 0 Å². The standard InChI is InChI=1S/C33H24O/c1-34-27-21-19-26(20-22-27)33-30-13-7-5-11-28(30)32(29-12-6-8-14-31(29)33)25-17-15-24(16-18-25)23-9-3-2-4-10-23/h2-22H,1H3. The third-order valence-electron chi connectivity index (χ3n) is 6.59. The minimum Gasteiger partial charge on any atom is -0.497 e. The molecule has 0 saturated heterocycles. The van der Waals surface area contributed by atoms with E-state index < -0.39 is 0 Å². The first-order chi connectivity index (χ1) is 16.8. The molecule has 34 heavy (non-hydrogen) atoms. The molecule has 1 heteroatoms. The van der Waals surface area contributed by atoms with E-state index in [2.05, 4.69) is 115 Å². The van der Waals surface area contributed by atoms with Crippen molar-refractivity contribution in [1.82, 2.24) is 0 Å². The van der Waals surface area contributed by atoms with E-state index in [0.717, 1.165) is 5.75 Å². The van der Waals surface area contributed by atoms with Gasteiger partial charge in [0.05, 0.1) is 7.11 Å². The summed E-state index contributed by atoms with van der Waals surface area (Å²) in [4.78, 5) is 0.